The van der Waals surface area contributed by atoms with E-state index in [-0.39, 0.29) is 23.8 Å². The van der Waals surface area contributed by atoms with E-state index in [0.29, 0.717) is 11.3 Å². The van der Waals surface area contributed by atoms with Crippen molar-refractivity contribution < 1.29 is 9.59 Å². The minimum Gasteiger partial charge on any atom is -0.325 e. The second-order valence-corrected chi connectivity index (χ2v) is 5.99. The number of Topliss-reactive ketones (excluding diaryl/α,β-unsaturated/α-hetero) is 1. The van der Waals surface area contributed by atoms with Gasteiger partial charge in [0, 0.05) is 16.8 Å². The Kier molecular flexibility index (Phi) is 4.55. The average Bonchev–Trinajstić information content (AvgIpc) is 2.58. The topological polar surface area (TPSA) is 81.1 Å². The molecule has 1 N–H and O–H groups in total. The molecule has 1 aliphatic rings. The number of anilines is 1. The number of hydrogen-bond acceptors (Lipinski definition) is 4. The molecule has 0 aliphatic heterocycles. The molecule has 124 valence electrons. The fourth-order valence-corrected chi connectivity index (χ4v) is 2.88. The summed E-state index contributed by atoms with van der Waals surface area (Å²) in [5.74, 6) is -0.329. The zero-order chi connectivity index (χ0) is 17.1. The zero-order valence-corrected chi connectivity index (χ0v) is 13.5. The monoisotopic (exact) mass is 325 g/mol. The summed E-state index contributed by atoms with van der Waals surface area (Å²) in [5.41, 5.74) is 2.65. The zero-order valence-electron chi connectivity index (χ0n) is 13.5. The fraction of sp³-hybridized carbons (Fsp3) is 0.333. The van der Waals surface area contributed by atoms with Gasteiger partial charge in [0.15, 0.2) is 5.78 Å². The van der Waals surface area contributed by atoms with E-state index in [1.54, 1.807) is 24.3 Å². The Labute approximate surface area is 139 Å². The number of fused-ring (bicyclic) bond motifs is 1. The summed E-state index contributed by atoms with van der Waals surface area (Å²) in [7, 11) is 0. The molecule has 0 saturated carbocycles. The van der Waals surface area contributed by atoms with E-state index in [0.717, 1.165) is 36.9 Å². The van der Waals surface area contributed by atoms with Crippen LogP contribution in [0, 0.1) is 0 Å². The van der Waals surface area contributed by atoms with Crippen molar-refractivity contribution in [2.24, 2.45) is 0 Å². The number of hydrogen-bond donors (Lipinski definition) is 1. The normalized spacial score (nSPS) is 13.2. The summed E-state index contributed by atoms with van der Waals surface area (Å²) < 4.78 is 1.35. The molecule has 1 aromatic carbocycles. The molecule has 0 radical (unpaired) electrons. The van der Waals surface area contributed by atoms with Gasteiger partial charge in [0.1, 0.15) is 6.54 Å². The first-order valence-electron chi connectivity index (χ1n) is 8.02. The highest BCUT2D eigenvalue weighted by Crippen LogP contribution is 2.15. The number of ketones is 1. The number of carbonyl (C=O) groups excluding carboxylic acids is 2. The quantitative estimate of drug-likeness (QED) is 0.871. The molecular formula is C18H19N3O3. The van der Waals surface area contributed by atoms with Crippen molar-refractivity contribution in [3.63, 3.8) is 0 Å². The van der Waals surface area contributed by atoms with Crippen LogP contribution in [0.3, 0.4) is 0 Å². The Morgan fingerprint density at radius 1 is 1.17 bits per heavy atom. The van der Waals surface area contributed by atoms with Crippen molar-refractivity contribution in [1.82, 2.24) is 9.55 Å². The largest absolute Gasteiger partial charge is 0.325 e. The molecule has 1 amide bonds. The van der Waals surface area contributed by atoms with Gasteiger partial charge in [-0.25, -0.2) is 4.98 Å². The maximum atomic E-state index is 12.4. The summed E-state index contributed by atoms with van der Waals surface area (Å²) in [4.78, 5) is 40.1. The van der Waals surface area contributed by atoms with Gasteiger partial charge in [-0.1, -0.05) is 0 Å². The van der Waals surface area contributed by atoms with E-state index in [2.05, 4.69) is 10.3 Å². The van der Waals surface area contributed by atoms with Crippen LogP contribution in [0.1, 0.15) is 41.4 Å². The van der Waals surface area contributed by atoms with Crippen LogP contribution in [0.2, 0.25) is 0 Å². The number of amides is 1. The lowest BCUT2D eigenvalue weighted by molar-refractivity contribution is -0.116. The summed E-state index contributed by atoms with van der Waals surface area (Å²) >= 11 is 0. The van der Waals surface area contributed by atoms with Crippen LogP contribution in [-0.2, 0) is 24.2 Å². The summed E-state index contributed by atoms with van der Waals surface area (Å²) in [5, 5.41) is 2.73. The van der Waals surface area contributed by atoms with Gasteiger partial charge >= 0.3 is 0 Å². The first kappa shape index (κ1) is 16.1. The Hall–Kier alpha value is -2.76. The van der Waals surface area contributed by atoms with E-state index < -0.39 is 0 Å². The van der Waals surface area contributed by atoms with Gasteiger partial charge in [0.25, 0.3) is 5.56 Å². The molecule has 0 bridgehead atoms. The minimum atomic E-state index is -0.301. The van der Waals surface area contributed by atoms with Crippen LogP contribution < -0.4 is 10.9 Å². The molecule has 0 fully saturated rings. The lowest BCUT2D eigenvalue weighted by Crippen LogP contribution is -2.32. The van der Waals surface area contributed by atoms with Crippen molar-refractivity contribution >= 4 is 17.4 Å². The van der Waals surface area contributed by atoms with E-state index in [1.165, 1.54) is 17.8 Å². The minimum absolute atomic E-state index is 0.0282. The third kappa shape index (κ3) is 3.42. The highest BCUT2D eigenvalue weighted by molar-refractivity contribution is 5.95. The van der Waals surface area contributed by atoms with Crippen LogP contribution in [0.25, 0.3) is 0 Å². The summed E-state index contributed by atoms with van der Waals surface area (Å²) in [6, 6.07) is 6.65. The second-order valence-electron chi connectivity index (χ2n) is 5.99. The fourth-order valence-electron chi connectivity index (χ4n) is 2.88. The lowest BCUT2D eigenvalue weighted by Gasteiger charge is -2.15. The molecule has 0 unspecified atom stereocenters. The number of benzene rings is 1. The van der Waals surface area contributed by atoms with E-state index in [4.69, 9.17) is 0 Å². The smallest absolute Gasteiger partial charge is 0.257 e. The molecule has 3 rings (SSSR count). The van der Waals surface area contributed by atoms with Crippen molar-refractivity contribution in [1.29, 1.82) is 0 Å². The third-order valence-corrected chi connectivity index (χ3v) is 4.20. The molecule has 1 aromatic heterocycles. The number of nitrogens with zero attached hydrogens (tertiary/aromatic N) is 2. The van der Waals surface area contributed by atoms with Gasteiger partial charge in [-0.2, -0.15) is 0 Å². The van der Waals surface area contributed by atoms with E-state index >= 15 is 0 Å². The molecule has 0 spiro atoms. The van der Waals surface area contributed by atoms with Crippen LogP contribution in [-0.4, -0.2) is 21.2 Å². The van der Waals surface area contributed by atoms with Crippen molar-refractivity contribution in [2.45, 2.75) is 39.2 Å². The van der Waals surface area contributed by atoms with Gasteiger partial charge < -0.3 is 5.32 Å². The molecule has 6 nitrogen and oxygen atoms in total. The summed E-state index contributed by atoms with van der Waals surface area (Å²) in [6.07, 6.45) is 5.06. The molecule has 0 saturated heterocycles. The number of nitrogens with one attached hydrogen (secondary N) is 1. The van der Waals surface area contributed by atoms with Crippen molar-refractivity contribution in [3.05, 3.63) is 57.8 Å². The molecule has 6 heteroatoms. The number of carbonyl (C=O) groups is 2. The van der Waals surface area contributed by atoms with Crippen LogP contribution in [0.4, 0.5) is 5.69 Å². The van der Waals surface area contributed by atoms with Crippen molar-refractivity contribution in [3.8, 4) is 0 Å². The molecule has 1 aliphatic carbocycles. The Morgan fingerprint density at radius 2 is 1.88 bits per heavy atom. The highest BCUT2D eigenvalue weighted by atomic mass is 16.2. The predicted octanol–water partition coefficient (Wildman–Crippen LogP) is 1.96. The van der Waals surface area contributed by atoms with Gasteiger partial charge in [-0.05, 0) is 56.9 Å². The highest BCUT2D eigenvalue weighted by Gasteiger charge is 2.16. The number of aromatic nitrogens is 2. The molecule has 0 atom stereocenters. The second kappa shape index (κ2) is 6.78. The first-order chi connectivity index (χ1) is 11.5. The van der Waals surface area contributed by atoms with Crippen LogP contribution >= 0.6 is 0 Å². The van der Waals surface area contributed by atoms with Crippen LogP contribution in [0.5, 0.6) is 0 Å². The maximum absolute atomic E-state index is 12.4. The summed E-state index contributed by atoms with van der Waals surface area (Å²) in [6.45, 7) is 1.41. The maximum Gasteiger partial charge on any atom is 0.257 e. The molecule has 24 heavy (non-hydrogen) atoms. The molecular weight excluding hydrogens is 306 g/mol. The van der Waals surface area contributed by atoms with E-state index in [1.807, 2.05) is 0 Å². The standard InChI is InChI=1S/C18H19N3O3/c1-12(22)13-6-8-14(9-7-13)20-17(23)10-21-11-19-16-5-3-2-4-15(16)18(21)24/h6-9,11H,2-5,10H2,1H3,(H,20,23). The number of aryl methyl sites for hydroxylation is 1. The molecule has 1 heterocycles. The van der Waals surface area contributed by atoms with Gasteiger partial charge in [-0.3, -0.25) is 19.0 Å². The average molecular weight is 325 g/mol. The van der Waals surface area contributed by atoms with E-state index in [9.17, 15) is 14.4 Å². The van der Waals surface area contributed by atoms with Gasteiger partial charge in [0.2, 0.25) is 5.91 Å². The third-order valence-electron chi connectivity index (χ3n) is 4.20. The SMILES string of the molecule is CC(=O)c1ccc(NC(=O)Cn2cnc3c(c2=O)CCCC3)cc1. The Bertz CT molecular complexity index is 838. The molecule has 2 aromatic rings. The Morgan fingerprint density at radius 3 is 2.58 bits per heavy atom. The predicted molar refractivity (Wildman–Crippen MR) is 90.2 cm³/mol. The first-order valence-corrected chi connectivity index (χ1v) is 8.02. The lowest BCUT2D eigenvalue weighted by atomic mass is 9.97. The Balaban J connectivity index is 1.71. The van der Waals surface area contributed by atoms with Crippen LogP contribution in [0.15, 0.2) is 35.4 Å². The number of rotatable bonds is 4. The van der Waals surface area contributed by atoms with Gasteiger partial charge in [0.05, 0.1) is 12.0 Å². The van der Waals surface area contributed by atoms with Gasteiger partial charge in [-0.15, -0.1) is 0 Å². The van der Waals surface area contributed by atoms with Crippen molar-refractivity contribution in [2.75, 3.05) is 5.32 Å².